The molecule has 1 aliphatic heterocycles. The average molecular weight is 272 g/mol. The maximum absolute atomic E-state index is 5.38. The van der Waals surface area contributed by atoms with E-state index < -0.39 is 0 Å². The molecule has 0 aliphatic carbocycles. The third-order valence-corrected chi connectivity index (χ3v) is 3.63. The van der Waals surface area contributed by atoms with E-state index in [0.29, 0.717) is 18.5 Å². The molecule has 0 bridgehead atoms. The summed E-state index contributed by atoms with van der Waals surface area (Å²) in [6.07, 6.45) is 9.32. The van der Waals surface area contributed by atoms with Gasteiger partial charge in [0.05, 0.1) is 36.7 Å². The van der Waals surface area contributed by atoms with E-state index in [1.807, 2.05) is 37.8 Å². The quantitative estimate of drug-likeness (QED) is 0.929. The average Bonchev–Trinajstić information content (AvgIpc) is 2.99. The Balaban J connectivity index is 1.84. The Morgan fingerprint density at radius 3 is 3.00 bits per heavy atom. The number of imidazole rings is 1. The molecule has 0 amide bonds. The first kappa shape index (κ1) is 13.1. The van der Waals surface area contributed by atoms with Gasteiger partial charge in [-0.1, -0.05) is 6.42 Å². The van der Waals surface area contributed by atoms with Gasteiger partial charge in [-0.3, -0.25) is 0 Å². The van der Waals surface area contributed by atoms with Crippen LogP contribution in [0.5, 0.6) is 5.88 Å². The zero-order valence-corrected chi connectivity index (χ0v) is 11.7. The maximum Gasteiger partial charge on any atom is 0.213 e. The highest BCUT2D eigenvalue weighted by Crippen LogP contribution is 2.25. The van der Waals surface area contributed by atoms with Gasteiger partial charge >= 0.3 is 0 Å². The van der Waals surface area contributed by atoms with Crippen molar-refractivity contribution in [3.8, 4) is 11.6 Å². The molecule has 0 spiro atoms. The second-order valence-electron chi connectivity index (χ2n) is 4.98. The zero-order valence-electron chi connectivity index (χ0n) is 11.7. The summed E-state index contributed by atoms with van der Waals surface area (Å²) in [6.45, 7) is 3.67. The lowest BCUT2D eigenvalue weighted by atomic mass is 10.0. The molecule has 1 N–H and O–H groups in total. The summed E-state index contributed by atoms with van der Waals surface area (Å²) in [6, 6.07) is 4.31. The number of hydrogen-bond acceptors (Lipinski definition) is 4. The van der Waals surface area contributed by atoms with Crippen molar-refractivity contribution >= 4 is 0 Å². The predicted molar refractivity (Wildman–Crippen MR) is 77.1 cm³/mol. The number of pyridine rings is 1. The molecule has 2 aromatic heterocycles. The predicted octanol–water partition coefficient (Wildman–Crippen LogP) is 2.48. The third kappa shape index (κ3) is 2.67. The van der Waals surface area contributed by atoms with E-state index in [-0.39, 0.29) is 0 Å². The highest BCUT2D eigenvalue weighted by Gasteiger charge is 2.19. The van der Waals surface area contributed by atoms with Gasteiger partial charge < -0.3 is 14.6 Å². The van der Waals surface area contributed by atoms with Crippen molar-refractivity contribution in [2.45, 2.75) is 32.2 Å². The van der Waals surface area contributed by atoms with Crippen LogP contribution in [-0.2, 0) is 0 Å². The van der Waals surface area contributed by atoms with E-state index in [0.717, 1.165) is 18.7 Å². The maximum atomic E-state index is 5.38. The first-order chi connectivity index (χ1) is 9.88. The fourth-order valence-corrected chi connectivity index (χ4v) is 2.63. The lowest BCUT2D eigenvalue weighted by Gasteiger charge is -2.24. The van der Waals surface area contributed by atoms with Crippen LogP contribution in [0, 0.1) is 0 Å². The number of aromatic nitrogens is 3. The van der Waals surface area contributed by atoms with Gasteiger partial charge in [-0.25, -0.2) is 9.97 Å². The fourth-order valence-electron chi connectivity index (χ4n) is 2.63. The van der Waals surface area contributed by atoms with E-state index >= 15 is 0 Å². The van der Waals surface area contributed by atoms with Gasteiger partial charge in [0, 0.05) is 12.1 Å². The summed E-state index contributed by atoms with van der Waals surface area (Å²) in [5.74, 6) is 0.661. The van der Waals surface area contributed by atoms with E-state index in [4.69, 9.17) is 4.74 Å². The highest BCUT2D eigenvalue weighted by atomic mass is 16.5. The molecular weight excluding hydrogens is 252 g/mol. The fraction of sp³-hybridized carbons (Fsp3) is 0.467. The lowest BCUT2D eigenvalue weighted by Crippen LogP contribution is -2.28. The molecule has 5 heteroatoms. The lowest BCUT2D eigenvalue weighted by molar-refractivity contribution is 0.327. The van der Waals surface area contributed by atoms with E-state index in [1.165, 1.54) is 18.5 Å². The number of rotatable bonds is 4. The molecule has 0 radical (unpaired) electrons. The summed E-state index contributed by atoms with van der Waals surface area (Å²) in [7, 11) is 0. The van der Waals surface area contributed by atoms with E-state index in [1.54, 1.807) is 0 Å². The second kappa shape index (κ2) is 6.05. The van der Waals surface area contributed by atoms with Crippen LogP contribution in [0.2, 0.25) is 0 Å². The molecule has 1 fully saturated rings. The minimum atomic E-state index is 0.387. The van der Waals surface area contributed by atoms with Gasteiger partial charge in [0.2, 0.25) is 5.88 Å². The molecule has 2 aromatic rings. The molecule has 0 saturated carbocycles. The number of piperidine rings is 1. The smallest absolute Gasteiger partial charge is 0.213 e. The SMILES string of the molecule is CCOc1ccc(-n2cncc2C2CCCCN2)cn1. The number of nitrogens with zero attached hydrogens (tertiary/aromatic N) is 3. The van der Waals surface area contributed by atoms with Crippen LogP contribution >= 0.6 is 0 Å². The molecule has 20 heavy (non-hydrogen) atoms. The summed E-state index contributed by atoms with van der Waals surface area (Å²) >= 11 is 0. The normalized spacial score (nSPS) is 18.9. The number of nitrogens with one attached hydrogen (secondary N) is 1. The van der Waals surface area contributed by atoms with Crippen molar-refractivity contribution in [1.29, 1.82) is 0 Å². The van der Waals surface area contributed by atoms with Gasteiger partial charge in [0.15, 0.2) is 0 Å². The monoisotopic (exact) mass is 272 g/mol. The van der Waals surface area contributed by atoms with E-state index in [2.05, 4.69) is 19.9 Å². The minimum Gasteiger partial charge on any atom is -0.478 e. The molecule has 1 unspecified atom stereocenters. The minimum absolute atomic E-state index is 0.387. The van der Waals surface area contributed by atoms with Crippen LogP contribution in [0.25, 0.3) is 5.69 Å². The van der Waals surface area contributed by atoms with Crippen LogP contribution < -0.4 is 10.1 Å². The summed E-state index contributed by atoms with van der Waals surface area (Å²) in [4.78, 5) is 8.62. The molecule has 5 nitrogen and oxygen atoms in total. The number of ether oxygens (including phenoxy) is 1. The van der Waals surface area contributed by atoms with Crippen LogP contribution in [0.1, 0.15) is 37.9 Å². The van der Waals surface area contributed by atoms with Crippen molar-refractivity contribution < 1.29 is 4.74 Å². The molecule has 0 aromatic carbocycles. The molecule has 106 valence electrons. The Kier molecular flexibility index (Phi) is 3.97. The van der Waals surface area contributed by atoms with Crippen LogP contribution in [-0.4, -0.2) is 27.7 Å². The Morgan fingerprint density at radius 1 is 1.35 bits per heavy atom. The molecule has 1 aliphatic rings. The standard InChI is InChI=1S/C15H20N4O/c1-2-20-15-7-6-12(9-18-15)19-11-16-10-14(19)13-5-3-4-8-17-13/h6-7,9-11,13,17H,2-5,8H2,1H3. The largest absolute Gasteiger partial charge is 0.478 e. The molecule has 1 atom stereocenters. The van der Waals surface area contributed by atoms with Gasteiger partial charge in [0.1, 0.15) is 0 Å². The van der Waals surface area contributed by atoms with Crippen LogP contribution in [0.4, 0.5) is 0 Å². The second-order valence-corrected chi connectivity index (χ2v) is 4.98. The first-order valence-corrected chi connectivity index (χ1v) is 7.23. The molecule has 3 rings (SSSR count). The summed E-state index contributed by atoms with van der Waals surface area (Å²) in [5.41, 5.74) is 2.23. The summed E-state index contributed by atoms with van der Waals surface area (Å²) < 4.78 is 7.48. The topological polar surface area (TPSA) is 52.0 Å². The van der Waals surface area contributed by atoms with Crippen LogP contribution in [0.15, 0.2) is 30.9 Å². The Bertz CT molecular complexity index is 543. The van der Waals surface area contributed by atoms with Gasteiger partial charge in [-0.2, -0.15) is 0 Å². The zero-order chi connectivity index (χ0) is 13.8. The molecular formula is C15H20N4O. The third-order valence-electron chi connectivity index (χ3n) is 3.63. The van der Waals surface area contributed by atoms with Crippen molar-refractivity contribution in [3.05, 3.63) is 36.5 Å². The Labute approximate surface area is 119 Å². The Morgan fingerprint density at radius 2 is 2.30 bits per heavy atom. The van der Waals surface area contributed by atoms with Crippen molar-refractivity contribution in [3.63, 3.8) is 0 Å². The van der Waals surface area contributed by atoms with Gasteiger partial charge in [-0.15, -0.1) is 0 Å². The van der Waals surface area contributed by atoms with Gasteiger partial charge in [0.25, 0.3) is 0 Å². The van der Waals surface area contributed by atoms with E-state index in [9.17, 15) is 0 Å². The first-order valence-electron chi connectivity index (χ1n) is 7.23. The van der Waals surface area contributed by atoms with Crippen molar-refractivity contribution in [2.24, 2.45) is 0 Å². The number of hydrogen-bond donors (Lipinski definition) is 1. The highest BCUT2D eigenvalue weighted by molar-refractivity contribution is 5.34. The van der Waals surface area contributed by atoms with Crippen molar-refractivity contribution in [2.75, 3.05) is 13.2 Å². The van der Waals surface area contributed by atoms with Gasteiger partial charge in [-0.05, 0) is 32.4 Å². The molecule has 1 saturated heterocycles. The van der Waals surface area contributed by atoms with Crippen molar-refractivity contribution in [1.82, 2.24) is 19.9 Å². The van der Waals surface area contributed by atoms with Crippen LogP contribution in [0.3, 0.4) is 0 Å². The molecule has 3 heterocycles. The summed E-state index contributed by atoms with van der Waals surface area (Å²) in [5, 5.41) is 3.56. The Hall–Kier alpha value is -1.88.